The number of carbonyl (C=O) groups is 1. The number of hydrogen-bond acceptors (Lipinski definition) is 3. The van der Waals surface area contributed by atoms with Crippen molar-refractivity contribution in [2.45, 2.75) is 58.6 Å². The van der Waals surface area contributed by atoms with Crippen LogP contribution in [0.3, 0.4) is 0 Å². The predicted octanol–water partition coefficient (Wildman–Crippen LogP) is 5.50. The lowest BCUT2D eigenvalue weighted by Gasteiger charge is -2.44. The number of aryl methyl sites for hydroxylation is 1. The first-order chi connectivity index (χ1) is 15.3. The fourth-order valence-corrected chi connectivity index (χ4v) is 5.82. The van der Waals surface area contributed by atoms with Crippen molar-refractivity contribution in [1.82, 2.24) is 10.2 Å². The molecule has 0 unspecified atom stereocenters. The lowest BCUT2D eigenvalue weighted by molar-refractivity contribution is -0.0349. The second-order valence-electron chi connectivity index (χ2n) is 10.4. The Bertz CT molecular complexity index is 1010. The molecule has 3 heterocycles. The van der Waals surface area contributed by atoms with E-state index in [4.69, 9.17) is 4.74 Å². The number of hydrogen-bond donors (Lipinski definition) is 1. The van der Waals surface area contributed by atoms with Crippen molar-refractivity contribution >= 4 is 6.09 Å². The Hall–Kier alpha value is -2.40. The lowest BCUT2D eigenvalue weighted by Crippen LogP contribution is -2.53. The molecule has 2 atom stereocenters. The molecule has 1 aliphatic carbocycles. The highest BCUT2D eigenvalue weighted by Gasteiger charge is 2.42. The molecule has 32 heavy (non-hydrogen) atoms. The van der Waals surface area contributed by atoms with Gasteiger partial charge in [0.2, 0.25) is 0 Å². The van der Waals surface area contributed by atoms with Gasteiger partial charge in [-0.1, -0.05) is 45.0 Å². The maximum atomic E-state index is 15.2. The smallest absolute Gasteiger partial charge is 0.407 e. The summed E-state index contributed by atoms with van der Waals surface area (Å²) in [7, 11) is 0. The van der Waals surface area contributed by atoms with Crippen LogP contribution >= 0.6 is 0 Å². The third-order valence-corrected chi connectivity index (χ3v) is 7.76. The molecule has 2 bridgehead atoms. The molecule has 0 aromatic heterocycles. The Morgan fingerprint density at radius 2 is 1.91 bits per heavy atom. The zero-order valence-corrected chi connectivity index (χ0v) is 19.3. The third-order valence-electron chi connectivity index (χ3n) is 7.76. The summed E-state index contributed by atoms with van der Waals surface area (Å²) in [5.74, 6) is 0.219. The van der Waals surface area contributed by atoms with Crippen molar-refractivity contribution in [3.8, 4) is 11.1 Å². The topological polar surface area (TPSA) is 41.6 Å². The van der Waals surface area contributed by atoms with Crippen LogP contribution in [0.1, 0.15) is 56.3 Å². The Morgan fingerprint density at radius 3 is 2.53 bits per heavy atom. The van der Waals surface area contributed by atoms with Gasteiger partial charge in [0.05, 0.1) is 6.04 Å². The van der Waals surface area contributed by atoms with E-state index in [0.29, 0.717) is 11.5 Å². The molecular weight excluding hydrogens is 403 g/mol. The Kier molecular flexibility index (Phi) is 5.48. The first-order valence-electron chi connectivity index (χ1n) is 11.9. The normalized spacial score (nSPS) is 27.8. The zero-order chi connectivity index (χ0) is 22.5. The van der Waals surface area contributed by atoms with Gasteiger partial charge in [-0.15, -0.1) is 0 Å². The van der Waals surface area contributed by atoms with Crippen LogP contribution in [0, 0.1) is 17.2 Å². The van der Waals surface area contributed by atoms with Gasteiger partial charge in [-0.3, -0.25) is 4.90 Å². The minimum absolute atomic E-state index is 0.0355. The number of nitrogens with zero attached hydrogens (tertiary/aromatic N) is 1. The number of rotatable bonds is 4. The highest BCUT2D eigenvalue weighted by Crippen LogP contribution is 2.47. The molecule has 1 amide bonds. The van der Waals surface area contributed by atoms with E-state index in [-0.39, 0.29) is 29.5 Å². The molecule has 3 fully saturated rings. The van der Waals surface area contributed by atoms with E-state index in [1.54, 1.807) is 6.07 Å². The average molecular weight is 437 g/mol. The number of nitrogens with one attached hydrogen (secondary N) is 1. The van der Waals surface area contributed by atoms with Crippen molar-refractivity contribution in [2.75, 3.05) is 19.6 Å². The van der Waals surface area contributed by atoms with Crippen molar-refractivity contribution in [3.05, 3.63) is 58.9 Å². The van der Waals surface area contributed by atoms with Crippen LogP contribution in [0.4, 0.5) is 9.18 Å². The molecule has 2 aromatic rings. The number of alkyl carbamates (subject to hydrolysis) is 1. The van der Waals surface area contributed by atoms with Crippen LogP contribution in [-0.4, -0.2) is 36.7 Å². The van der Waals surface area contributed by atoms with Crippen molar-refractivity contribution in [3.63, 3.8) is 0 Å². The minimum Gasteiger partial charge on any atom is -0.445 e. The van der Waals surface area contributed by atoms with E-state index in [2.05, 4.69) is 43.1 Å². The summed E-state index contributed by atoms with van der Waals surface area (Å²) in [5.41, 5.74) is 4.50. The number of amides is 1. The van der Waals surface area contributed by atoms with Gasteiger partial charge in [-0.2, -0.15) is 0 Å². The summed E-state index contributed by atoms with van der Waals surface area (Å²) < 4.78 is 21.1. The summed E-state index contributed by atoms with van der Waals surface area (Å²) in [6.45, 7) is 9.41. The molecule has 2 aromatic carbocycles. The fourth-order valence-electron chi connectivity index (χ4n) is 5.82. The number of fused-ring (bicyclic) bond motifs is 4. The van der Waals surface area contributed by atoms with Gasteiger partial charge in [-0.05, 0) is 84.5 Å². The van der Waals surface area contributed by atoms with Gasteiger partial charge < -0.3 is 10.1 Å². The van der Waals surface area contributed by atoms with Crippen molar-refractivity contribution < 1.29 is 13.9 Å². The molecule has 0 saturated carbocycles. The molecule has 0 radical (unpaired) electrons. The van der Waals surface area contributed by atoms with Gasteiger partial charge in [0, 0.05) is 12.1 Å². The van der Waals surface area contributed by atoms with Gasteiger partial charge in [-0.25, -0.2) is 9.18 Å². The second-order valence-corrected chi connectivity index (χ2v) is 10.4. The molecule has 4 nitrogen and oxygen atoms in total. The first kappa shape index (κ1) is 21.4. The van der Waals surface area contributed by atoms with E-state index in [1.165, 1.54) is 5.56 Å². The average Bonchev–Trinajstić information content (AvgIpc) is 3.03. The first-order valence-corrected chi connectivity index (χ1v) is 11.9. The molecule has 3 saturated heterocycles. The number of halogens is 1. The number of benzene rings is 2. The Balaban J connectivity index is 1.35. The molecule has 4 aliphatic rings. The van der Waals surface area contributed by atoms with E-state index in [0.717, 1.165) is 62.0 Å². The van der Waals surface area contributed by atoms with Crippen LogP contribution in [-0.2, 0) is 17.6 Å². The van der Waals surface area contributed by atoms with Gasteiger partial charge in [0.25, 0.3) is 0 Å². The van der Waals surface area contributed by atoms with E-state index >= 15 is 4.39 Å². The van der Waals surface area contributed by atoms with Gasteiger partial charge in [0.1, 0.15) is 11.9 Å². The third kappa shape index (κ3) is 3.92. The van der Waals surface area contributed by atoms with Crippen LogP contribution in [0.25, 0.3) is 11.1 Å². The summed E-state index contributed by atoms with van der Waals surface area (Å²) in [4.78, 5) is 15.2. The molecule has 1 N–H and O–H groups in total. The van der Waals surface area contributed by atoms with E-state index in [1.807, 2.05) is 18.2 Å². The minimum atomic E-state index is -0.380. The SMILES string of the molecule is CCc1ccc(-c2cc3c(cc2F)[C@H](NC(=O)O[C@H]2CN4CCC2CC4)C(C)(C)C3)cc1. The van der Waals surface area contributed by atoms with Crippen molar-refractivity contribution in [2.24, 2.45) is 11.3 Å². The second kappa shape index (κ2) is 8.18. The van der Waals surface area contributed by atoms with Crippen LogP contribution < -0.4 is 5.32 Å². The molecule has 6 rings (SSSR count). The molecule has 170 valence electrons. The largest absolute Gasteiger partial charge is 0.445 e. The maximum absolute atomic E-state index is 15.2. The summed E-state index contributed by atoms with van der Waals surface area (Å²) in [5, 5.41) is 3.09. The zero-order valence-electron chi connectivity index (χ0n) is 19.3. The number of carbonyl (C=O) groups excluding carboxylic acids is 1. The Morgan fingerprint density at radius 1 is 1.19 bits per heavy atom. The summed E-state index contributed by atoms with van der Waals surface area (Å²) >= 11 is 0. The predicted molar refractivity (Wildman–Crippen MR) is 124 cm³/mol. The number of piperidine rings is 3. The van der Waals surface area contributed by atoms with Crippen LogP contribution in [0.15, 0.2) is 36.4 Å². The molecule has 5 heteroatoms. The number of ether oxygens (including phenoxy) is 1. The summed E-state index contributed by atoms with van der Waals surface area (Å²) in [6.07, 6.45) is 3.53. The van der Waals surface area contributed by atoms with E-state index < -0.39 is 0 Å². The maximum Gasteiger partial charge on any atom is 0.407 e. The molecule has 3 aliphatic heterocycles. The van der Waals surface area contributed by atoms with E-state index in [9.17, 15) is 4.79 Å². The highest BCUT2D eigenvalue weighted by atomic mass is 19.1. The molecule has 0 spiro atoms. The quantitative estimate of drug-likeness (QED) is 0.688. The Labute approximate surface area is 190 Å². The van der Waals surface area contributed by atoms with Crippen LogP contribution in [0.5, 0.6) is 0 Å². The van der Waals surface area contributed by atoms with Gasteiger partial charge in [0.15, 0.2) is 0 Å². The van der Waals surface area contributed by atoms with Crippen LogP contribution in [0.2, 0.25) is 0 Å². The molecular formula is C27H33FN2O2. The fraction of sp³-hybridized carbons (Fsp3) is 0.519. The van der Waals surface area contributed by atoms with Crippen molar-refractivity contribution in [1.29, 1.82) is 0 Å². The lowest BCUT2D eigenvalue weighted by atomic mass is 9.85. The summed E-state index contributed by atoms with van der Waals surface area (Å²) in [6, 6.07) is 11.4. The standard InChI is InChI=1S/C27H33FN2O2/c1-4-17-5-7-18(8-6-17)21-13-20-15-27(2,3)25(22(20)14-23(21)28)29-26(31)32-24-16-30-11-9-19(24)10-12-30/h5-8,13-14,19,24-25H,4,9-12,15-16H2,1-3H3,(H,29,31)/t24-,25-/m0/s1. The van der Waals surface area contributed by atoms with Gasteiger partial charge >= 0.3 is 6.09 Å². The highest BCUT2D eigenvalue weighted by molar-refractivity contribution is 5.70. The monoisotopic (exact) mass is 436 g/mol.